The molecule has 2 aromatic carbocycles. The van der Waals surface area contributed by atoms with Crippen LogP contribution in [0.1, 0.15) is 43.5 Å². The smallest absolute Gasteiger partial charge is 0.295 e. The van der Waals surface area contributed by atoms with Crippen LogP contribution >= 0.6 is 0 Å². The fraction of sp³-hybridized carbons (Fsp3) is 0.407. The molecular weight excluding hydrogens is 432 g/mol. The van der Waals surface area contributed by atoms with E-state index in [0.717, 1.165) is 24.2 Å². The van der Waals surface area contributed by atoms with Gasteiger partial charge in [0.25, 0.3) is 11.7 Å². The van der Waals surface area contributed by atoms with E-state index >= 15 is 0 Å². The largest absolute Gasteiger partial charge is 0.507 e. The van der Waals surface area contributed by atoms with Crippen LogP contribution in [0.25, 0.3) is 5.76 Å². The first-order valence-electron chi connectivity index (χ1n) is 11.7. The molecule has 0 aliphatic carbocycles. The number of ether oxygens (including phenoxy) is 2. The standard InChI is InChI=1S/C27H34N2O5/c1-6-28(7-2)15-16-29-24(19-9-12-21(33-5)13-10-19)23(26(31)27(29)32)25(30)20-11-14-22(34-8-3)18(4)17-20/h9-14,17,24,30H,6-8,15-16H2,1-5H3/b25-23-. The average molecular weight is 467 g/mol. The number of carbonyl (C=O) groups is 2. The number of likely N-dealkylation sites (N-methyl/N-ethyl adjacent to an activating group) is 1. The first-order valence-corrected chi connectivity index (χ1v) is 11.7. The molecule has 0 radical (unpaired) electrons. The van der Waals surface area contributed by atoms with Gasteiger partial charge in [0, 0.05) is 18.7 Å². The number of nitrogens with zero attached hydrogens (tertiary/aromatic N) is 2. The number of likely N-dealkylation sites (tertiary alicyclic amines) is 1. The van der Waals surface area contributed by atoms with Crippen molar-refractivity contribution in [2.45, 2.75) is 33.7 Å². The monoisotopic (exact) mass is 466 g/mol. The highest BCUT2D eigenvalue weighted by atomic mass is 16.5. The summed E-state index contributed by atoms with van der Waals surface area (Å²) in [6, 6.07) is 11.8. The summed E-state index contributed by atoms with van der Waals surface area (Å²) in [4.78, 5) is 30.1. The third-order valence-electron chi connectivity index (χ3n) is 6.27. The van der Waals surface area contributed by atoms with Crippen molar-refractivity contribution in [1.29, 1.82) is 0 Å². The second-order valence-corrected chi connectivity index (χ2v) is 8.21. The van der Waals surface area contributed by atoms with E-state index in [1.165, 1.54) is 0 Å². The maximum absolute atomic E-state index is 13.2. The van der Waals surface area contributed by atoms with Gasteiger partial charge in [-0.25, -0.2) is 0 Å². The van der Waals surface area contributed by atoms with E-state index in [0.29, 0.717) is 36.8 Å². The van der Waals surface area contributed by atoms with E-state index in [4.69, 9.17) is 9.47 Å². The first-order chi connectivity index (χ1) is 16.4. The van der Waals surface area contributed by atoms with Gasteiger partial charge in [0.1, 0.15) is 17.3 Å². The Balaban J connectivity index is 2.09. The molecule has 1 N–H and O–H groups in total. The summed E-state index contributed by atoms with van der Waals surface area (Å²) in [6.07, 6.45) is 0. The van der Waals surface area contributed by atoms with Gasteiger partial charge in [-0.2, -0.15) is 0 Å². The predicted octanol–water partition coefficient (Wildman–Crippen LogP) is 4.17. The van der Waals surface area contributed by atoms with E-state index in [2.05, 4.69) is 18.7 Å². The number of aliphatic hydroxyl groups is 1. The van der Waals surface area contributed by atoms with E-state index < -0.39 is 17.7 Å². The molecule has 1 unspecified atom stereocenters. The number of amides is 1. The fourth-order valence-corrected chi connectivity index (χ4v) is 4.30. The normalized spacial score (nSPS) is 17.5. The molecule has 1 atom stereocenters. The molecule has 3 rings (SSSR count). The molecule has 1 aliphatic heterocycles. The molecule has 2 aromatic rings. The molecule has 0 aromatic heterocycles. The summed E-state index contributed by atoms with van der Waals surface area (Å²) in [5.74, 6) is -0.0753. The molecule has 34 heavy (non-hydrogen) atoms. The second-order valence-electron chi connectivity index (χ2n) is 8.21. The lowest BCUT2D eigenvalue weighted by molar-refractivity contribution is -0.140. The van der Waals surface area contributed by atoms with Gasteiger partial charge in [-0.1, -0.05) is 26.0 Å². The third-order valence-corrected chi connectivity index (χ3v) is 6.27. The average Bonchev–Trinajstić information content (AvgIpc) is 3.10. The summed E-state index contributed by atoms with van der Waals surface area (Å²) in [5, 5.41) is 11.3. The lowest BCUT2D eigenvalue weighted by Crippen LogP contribution is -2.38. The van der Waals surface area contributed by atoms with E-state index in [1.807, 2.05) is 26.0 Å². The lowest BCUT2D eigenvalue weighted by Gasteiger charge is -2.28. The maximum Gasteiger partial charge on any atom is 0.295 e. The SMILES string of the molecule is CCOc1ccc(/C(O)=C2/C(=O)C(=O)N(CCN(CC)CC)C2c2ccc(OC)cc2)cc1C. The molecule has 0 bridgehead atoms. The van der Waals surface area contributed by atoms with Gasteiger partial charge in [-0.3, -0.25) is 9.59 Å². The number of benzene rings is 2. The first kappa shape index (κ1) is 25.3. The summed E-state index contributed by atoms with van der Waals surface area (Å²) >= 11 is 0. The number of methoxy groups -OCH3 is 1. The number of aliphatic hydroxyl groups excluding tert-OH is 1. The quantitative estimate of drug-likeness (QED) is 0.322. The highest BCUT2D eigenvalue weighted by molar-refractivity contribution is 6.46. The van der Waals surface area contributed by atoms with Crippen molar-refractivity contribution in [1.82, 2.24) is 9.80 Å². The molecule has 1 amide bonds. The van der Waals surface area contributed by atoms with Crippen LogP contribution in [0.3, 0.4) is 0 Å². The van der Waals surface area contributed by atoms with Gasteiger partial charge < -0.3 is 24.4 Å². The highest BCUT2D eigenvalue weighted by Gasteiger charge is 2.46. The molecule has 0 saturated carbocycles. The Morgan fingerprint density at radius 3 is 2.29 bits per heavy atom. The maximum atomic E-state index is 13.2. The van der Waals surface area contributed by atoms with Crippen molar-refractivity contribution in [3.63, 3.8) is 0 Å². The molecule has 1 saturated heterocycles. The number of Topliss-reactive ketones (excluding diaryl/α,β-unsaturated/α-hetero) is 1. The van der Waals surface area contributed by atoms with Crippen LogP contribution < -0.4 is 9.47 Å². The number of hydrogen-bond acceptors (Lipinski definition) is 6. The molecular formula is C27H34N2O5. The molecule has 7 heteroatoms. The molecule has 1 heterocycles. The van der Waals surface area contributed by atoms with Crippen LogP contribution in [-0.4, -0.2) is 66.5 Å². The van der Waals surface area contributed by atoms with Gasteiger partial charge in [0.2, 0.25) is 0 Å². The molecule has 1 fully saturated rings. The zero-order valence-electron chi connectivity index (χ0n) is 20.6. The number of carbonyl (C=O) groups excluding carboxylic acids is 2. The van der Waals surface area contributed by atoms with E-state index in [1.54, 1.807) is 42.3 Å². The Morgan fingerprint density at radius 1 is 1.06 bits per heavy atom. The Labute approximate surface area is 201 Å². The van der Waals surface area contributed by atoms with Gasteiger partial charge >= 0.3 is 0 Å². The third kappa shape index (κ3) is 5.09. The van der Waals surface area contributed by atoms with Crippen LogP contribution in [0.5, 0.6) is 11.5 Å². The fourth-order valence-electron chi connectivity index (χ4n) is 4.30. The van der Waals surface area contributed by atoms with Gasteiger partial charge in [0.05, 0.1) is 25.3 Å². The van der Waals surface area contributed by atoms with Crippen molar-refractivity contribution in [2.75, 3.05) is 39.9 Å². The highest BCUT2D eigenvalue weighted by Crippen LogP contribution is 2.40. The topological polar surface area (TPSA) is 79.3 Å². The minimum Gasteiger partial charge on any atom is -0.507 e. The summed E-state index contributed by atoms with van der Waals surface area (Å²) in [7, 11) is 1.58. The van der Waals surface area contributed by atoms with Gasteiger partial charge in [-0.15, -0.1) is 0 Å². The lowest BCUT2D eigenvalue weighted by atomic mass is 9.94. The molecule has 0 spiro atoms. The summed E-state index contributed by atoms with van der Waals surface area (Å²) in [5.41, 5.74) is 2.14. The summed E-state index contributed by atoms with van der Waals surface area (Å²) < 4.78 is 10.9. The van der Waals surface area contributed by atoms with Gasteiger partial charge in [-0.05, 0) is 68.4 Å². The van der Waals surface area contributed by atoms with Crippen molar-refractivity contribution >= 4 is 17.4 Å². The van der Waals surface area contributed by atoms with E-state index in [-0.39, 0.29) is 11.3 Å². The van der Waals surface area contributed by atoms with Crippen LogP contribution in [0.4, 0.5) is 0 Å². The molecule has 7 nitrogen and oxygen atoms in total. The van der Waals surface area contributed by atoms with Crippen molar-refractivity contribution in [3.05, 3.63) is 64.7 Å². The minimum atomic E-state index is -0.687. The van der Waals surface area contributed by atoms with Crippen molar-refractivity contribution < 1.29 is 24.2 Å². The number of aryl methyl sites for hydroxylation is 1. The Kier molecular flexibility index (Phi) is 8.34. The van der Waals surface area contributed by atoms with Crippen LogP contribution in [-0.2, 0) is 9.59 Å². The van der Waals surface area contributed by atoms with Crippen LogP contribution in [0.15, 0.2) is 48.0 Å². The second kappa shape index (κ2) is 11.2. The van der Waals surface area contributed by atoms with Crippen LogP contribution in [0, 0.1) is 6.92 Å². The van der Waals surface area contributed by atoms with E-state index in [9.17, 15) is 14.7 Å². The Morgan fingerprint density at radius 2 is 1.74 bits per heavy atom. The van der Waals surface area contributed by atoms with Crippen LogP contribution in [0.2, 0.25) is 0 Å². The molecule has 1 aliphatic rings. The van der Waals surface area contributed by atoms with Crippen molar-refractivity contribution in [3.8, 4) is 11.5 Å². The summed E-state index contributed by atoms with van der Waals surface area (Å²) in [6.45, 7) is 11.1. The van der Waals surface area contributed by atoms with Gasteiger partial charge in [0.15, 0.2) is 0 Å². The minimum absolute atomic E-state index is 0.0956. The zero-order chi connectivity index (χ0) is 24.8. The number of hydrogen-bond donors (Lipinski definition) is 1. The number of rotatable bonds is 10. The Hall–Kier alpha value is -3.32. The Bertz CT molecular complexity index is 1060. The number of ketones is 1. The van der Waals surface area contributed by atoms with Crippen molar-refractivity contribution in [2.24, 2.45) is 0 Å². The zero-order valence-corrected chi connectivity index (χ0v) is 20.6. The molecule has 182 valence electrons. The predicted molar refractivity (Wildman–Crippen MR) is 132 cm³/mol.